The number of thioether (sulfide) groups is 1. The Hall–Kier alpha value is -7.36. The zero-order valence-electron chi connectivity index (χ0n) is 44.9. The molecule has 434 valence electrons. The van der Waals surface area contributed by atoms with E-state index < -0.39 is 138 Å². The van der Waals surface area contributed by atoms with Gasteiger partial charge in [-0.2, -0.15) is 11.8 Å². The van der Waals surface area contributed by atoms with Crippen molar-refractivity contribution in [3.63, 3.8) is 0 Å². The van der Waals surface area contributed by atoms with Crippen LogP contribution in [0.2, 0.25) is 0 Å². The molecule has 26 heteroatoms. The fraction of sp³-hybridized carbons (Fsp3) is 0.500. The van der Waals surface area contributed by atoms with Crippen LogP contribution in [0.25, 0.3) is 0 Å². The highest BCUT2D eigenvalue weighted by Gasteiger charge is 2.50. The number of anilines is 1. The number of Topliss-reactive ketones (excluding diaryl/α,β-unsaturated/α-hetero) is 1. The highest BCUT2D eigenvalue weighted by molar-refractivity contribution is 7.98. The van der Waals surface area contributed by atoms with E-state index in [2.05, 4.69) is 31.9 Å². The molecule has 0 saturated carbocycles. The van der Waals surface area contributed by atoms with Gasteiger partial charge in [-0.1, -0.05) is 38.1 Å². The molecule has 6 rings (SSSR count). The number of aliphatic hydroxyl groups excluding tert-OH is 2. The lowest BCUT2D eigenvalue weighted by molar-refractivity contribution is -0.249. The van der Waals surface area contributed by atoms with E-state index in [1.807, 2.05) is 6.26 Å². The van der Waals surface area contributed by atoms with Crippen LogP contribution in [-0.4, -0.2) is 160 Å². The second-order valence-electron chi connectivity index (χ2n) is 20.0. The number of fused-ring (bicyclic) bond motifs is 3. The number of phenols is 2. The lowest BCUT2D eigenvalue weighted by Crippen LogP contribution is -2.56. The second kappa shape index (κ2) is 27.7. The zero-order valence-corrected chi connectivity index (χ0v) is 45.7. The number of methoxy groups -OCH3 is 1. The number of benzene rings is 3. The number of phenolic OH excluding ortho intramolecular Hbond substituents is 2. The Bertz CT molecular complexity index is 2830. The largest absolute Gasteiger partial charge is 0.507 e. The molecule has 8 atom stereocenters. The number of carbonyl (C=O) groups is 9. The molecule has 1 fully saturated rings. The first kappa shape index (κ1) is 61.8. The number of nitrogens with two attached hydrogens (primary N) is 1. The van der Waals surface area contributed by atoms with Gasteiger partial charge in [0.25, 0.3) is 0 Å². The van der Waals surface area contributed by atoms with Crippen molar-refractivity contribution < 1.29 is 87.6 Å². The predicted octanol–water partition coefficient (Wildman–Crippen LogP) is 1.63. The standard InChI is InChI=1S/C54H69N7O18S/c1-26(2)44(61-38(65)13-7-12-37(64)56-19-20-80-5)51(72)59-32(10-8-18-57-52(55)73)50(71)58-29-16-14-28(15-17-29)25-77-53(74)60-33-21-39(78-27(3)45(33)66)79-35-23-54(75,36(63)24-62)22-31-41(35)49(70)43-42(47(31)68)46(67)30-9-6-11-34(76-4)40(30)48(43)69/h6,9,11,14-17,26-27,32-33,35,39,44-45,62,66,68,70,75H,7-8,10,12-13,18-25H2,1-5H3,(H,56,64)(H,58,71)(H,59,72)(H,60,74)(H,61,65)(H3,55,57,73)/t27-,32-,33-,35-,39-,44-,45+,54-/m0/s1. The Kier molecular flexibility index (Phi) is 21.4. The van der Waals surface area contributed by atoms with E-state index >= 15 is 0 Å². The normalized spacial score (nSPS) is 20.9. The zero-order chi connectivity index (χ0) is 58.6. The molecule has 25 nitrogen and oxygen atoms in total. The SMILES string of the molecule is COc1cccc2c1C(=O)c1c(O)c3c(c(O)c1C2=O)C[C@@](O)(C(=O)CO)C[C@@H]3O[C@H]1C[C@H](NC(=O)OCc2ccc(NC(=O)[C@H](CCCNC(N)=O)NC(=O)[C@@H](NC(=O)CCCC(=O)NCCSC)C(C)C)cc2)[C@H](O)[C@H](C)O1. The summed E-state index contributed by atoms with van der Waals surface area (Å²) in [7, 11) is 1.28. The number of aromatic hydroxyl groups is 2. The molecule has 2 aliphatic carbocycles. The summed E-state index contributed by atoms with van der Waals surface area (Å²) >= 11 is 1.59. The fourth-order valence-corrected chi connectivity index (χ4v) is 10.0. The van der Waals surface area contributed by atoms with Crippen molar-refractivity contribution in [1.82, 2.24) is 26.6 Å². The van der Waals surface area contributed by atoms with Crippen molar-refractivity contribution in [2.24, 2.45) is 11.7 Å². The molecule has 1 heterocycles. The summed E-state index contributed by atoms with van der Waals surface area (Å²) < 4.78 is 23.0. The molecule has 3 aliphatic rings. The van der Waals surface area contributed by atoms with Crippen LogP contribution in [-0.2, 0) is 51.2 Å². The van der Waals surface area contributed by atoms with E-state index in [0.717, 1.165) is 5.75 Å². The van der Waals surface area contributed by atoms with Gasteiger partial charge in [-0.3, -0.25) is 33.6 Å². The van der Waals surface area contributed by atoms with E-state index in [1.54, 1.807) is 37.7 Å². The smallest absolute Gasteiger partial charge is 0.407 e. The number of aliphatic hydroxyl groups is 3. The average Bonchev–Trinajstić information content (AvgIpc) is 3.61. The van der Waals surface area contributed by atoms with Crippen LogP contribution in [0, 0.1) is 5.92 Å². The number of nitrogens with one attached hydrogen (secondary N) is 6. The van der Waals surface area contributed by atoms with Crippen LogP contribution in [0.1, 0.15) is 120 Å². The molecular weight excluding hydrogens is 1070 g/mol. The van der Waals surface area contributed by atoms with E-state index in [4.69, 9.17) is 24.7 Å². The summed E-state index contributed by atoms with van der Waals surface area (Å²) in [4.78, 5) is 118. The highest BCUT2D eigenvalue weighted by atomic mass is 32.2. The maximum atomic E-state index is 14.1. The lowest BCUT2D eigenvalue weighted by atomic mass is 9.72. The van der Waals surface area contributed by atoms with Gasteiger partial charge in [0.2, 0.25) is 29.4 Å². The number of urea groups is 1. The third kappa shape index (κ3) is 14.9. The topological polar surface area (TPSA) is 390 Å². The molecule has 0 unspecified atom stereocenters. The van der Waals surface area contributed by atoms with Crippen molar-refractivity contribution in [1.29, 1.82) is 0 Å². The van der Waals surface area contributed by atoms with E-state index in [1.165, 1.54) is 44.4 Å². The van der Waals surface area contributed by atoms with Crippen molar-refractivity contribution in [3.8, 4) is 17.2 Å². The van der Waals surface area contributed by atoms with Gasteiger partial charge in [0, 0.05) is 73.3 Å². The second-order valence-corrected chi connectivity index (χ2v) is 21.0. The molecule has 3 aromatic carbocycles. The molecule has 7 amide bonds. The minimum absolute atomic E-state index is 0.00624. The van der Waals surface area contributed by atoms with Gasteiger partial charge >= 0.3 is 12.1 Å². The van der Waals surface area contributed by atoms with Gasteiger partial charge in [0.15, 0.2) is 17.9 Å². The minimum Gasteiger partial charge on any atom is -0.507 e. The molecule has 0 bridgehead atoms. The number of ether oxygens (including phenoxy) is 4. The first-order chi connectivity index (χ1) is 38.0. The van der Waals surface area contributed by atoms with Crippen LogP contribution in [0.3, 0.4) is 0 Å². The van der Waals surface area contributed by atoms with Crippen molar-refractivity contribution in [2.45, 2.75) is 127 Å². The Morgan fingerprint density at radius 1 is 0.887 bits per heavy atom. The highest BCUT2D eigenvalue weighted by Crippen LogP contribution is 2.52. The Labute approximate surface area is 464 Å². The van der Waals surface area contributed by atoms with Crippen LogP contribution < -0.4 is 42.4 Å². The maximum Gasteiger partial charge on any atom is 0.407 e. The first-order valence-corrected chi connectivity index (χ1v) is 27.4. The number of alkyl carbamates (subject to hydrolysis) is 1. The van der Waals surface area contributed by atoms with Crippen LogP contribution in [0.15, 0.2) is 42.5 Å². The average molecular weight is 1140 g/mol. The van der Waals surface area contributed by atoms with Gasteiger partial charge in [-0.15, -0.1) is 0 Å². The first-order valence-electron chi connectivity index (χ1n) is 26.0. The van der Waals surface area contributed by atoms with Crippen LogP contribution in [0.5, 0.6) is 17.2 Å². The van der Waals surface area contributed by atoms with Crippen molar-refractivity contribution >= 4 is 70.6 Å². The van der Waals surface area contributed by atoms with Crippen molar-refractivity contribution in [2.75, 3.05) is 44.1 Å². The Balaban J connectivity index is 1.08. The Morgan fingerprint density at radius 2 is 1.59 bits per heavy atom. The molecule has 1 aliphatic heterocycles. The summed E-state index contributed by atoms with van der Waals surface area (Å²) in [6.07, 6.45) is -5.30. The van der Waals surface area contributed by atoms with Gasteiger partial charge in [-0.25, -0.2) is 9.59 Å². The number of primary amides is 1. The number of rotatable bonds is 25. The molecule has 3 aromatic rings. The van der Waals surface area contributed by atoms with Gasteiger partial charge in [0.05, 0.1) is 42.0 Å². The van der Waals surface area contributed by atoms with Crippen molar-refractivity contribution in [3.05, 3.63) is 81.4 Å². The summed E-state index contributed by atoms with van der Waals surface area (Å²) in [5.41, 5.74) is 1.53. The quantitative estimate of drug-likeness (QED) is 0.0331. The fourth-order valence-electron chi connectivity index (χ4n) is 9.73. The predicted molar refractivity (Wildman–Crippen MR) is 287 cm³/mol. The summed E-state index contributed by atoms with van der Waals surface area (Å²) in [5, 5.41) is 72.1. The van der Waals surface area contributed by atoms with E-state index in [0.29, 0.717) is 17.8 Å². The van der Waals surface area contributed by atoms with E-state index in [-0.39, 0.29) is 91.5 Å². The molecule has 0 radical (unpaired) electrons. The maximum absolute atomic E-state index is 14.1. The number of ketones is 3. The molecular formula is C54H69N7O18S. The summed E-state index contributed by atoms with van der Waals surface area (Å²) in [6.45, 7) is 4.10. The van der Waals surface area contributed by atoms with E-state index in [9.17, 15) is 68.7 Å². The van der Waals surface area contributed by atoms with Gasteiger partial charge in [0.1, 0.15) is 54.3 Å². The number of amides is 7. The third-order valence-corrected chi connectivity index (χ3v) is 14.6. The Morgan fingerprint density at radius 3 is 2.25 bits per heavy atom. The monoisotopic (exact) mass is 1140 g/mol. The van der Waals surface area contributed by atoms with Gasteiger partial charge in [-0.05, 0) is 62.1 Å². The van der Waals surface area contributed by atoms with Crippen LogP contribution >= 0.6 is 11.8 Å². The minimum atomic E-state index is -2.42. The number of carbonyl (C=O) groups excluding carboxylic acids is 9. The lowest BCUT2D eigenvalue weighted by Gasteiger charge is -2.42. The third-order valence-electron chi connectivity index (χ3n) is 14.0. The molecule has 80 heavy (non-hydrogen) atoms. The molecule has 0 spiro atoms. The summed E-state index contributed by atoms with van der Waals surface area (Å²) in [6, 6.07) is 6.32. The molecule has 0 aromatic heterocycles. The molecule has 13 N–H and O–H groups in total. The molecule has 1 saturated heterocycles. The number of hydrogen-bond acceptors (Lipinski definition) is 19. The summed E-state index contributed by atoms with van der Waals surface area (Å²) in [5.74, 6) is -5.87. The van der Waals surface area contributed by atoms with Crippen LogP contribution in [0.4, 0.5) is 15.3 Å². The van der Waals surface area contributed by atoms with Gasteiger partial charge < -0.3 is 82.1 Å². The number of hydrogen-bond donors (Lipinski definition) is 12.